The molecule has 8 rings (SSSR count). The van der Waals surface area contributed by atoms with Crippen molar-refractivity contribution in [3.63, 3.8) is 0 Å². The third-order valence-corrected chi connectivity index (χ3v) is 10.5. The molecule has 296 valence electrons. The maximum atomic E-state index is 4.54. The van der Waals surface area contributed by atoms with E-state index in [1.807, 2.05) is 33.8 Å². The summed E-state index contributed by atoms with van der Waals surface area (Å²) >= 11 is 0. The molecule has 1 aliphatic carbocycles. The van der Waals surface area contributed by atoms with Crippen molar-refractivity contribution in [1.29, 1.82) is 0 Å². The molecule has 0 atom stereocenters. The Morgan fingerprint density at radius 1 is 0.772 bits per heavy atom. The molecule has 0 saturated carbocycles. The summed E-state index contributed by atoms with van der Waals surface area (Å²) in [5.41, 5.74) is 16.6. The highest BCUT2D eigenvalue weighted by Crippen LogP contribution is 2.43. The third-order valence-electron chi connectivity index (χ3n) is 10.5. The predicted molar refractivity (Wildman–Crippen MR) is 255 cm³/mol. The van der Waals surface area contributed by atoms with Gasteiger partial charge in [0.25, 0.3) is 0 Å². The van der Waals surface area contributed by atoms with Crippen LogP contribution in [0.4, 0.5) is 11.4 Å². The minimum atomic E-state index is 0.366. The molecule has 57 heavy (non-hydrogen) atoms. The van der Waals surface area contributed by atoms with Crippen molar-refractivity contribution in [2.24, 2.45) is 5.92 Å². The van der Waals surface area contributed by atoms with E-state index in [-0.39, 0.29) is 0 Å². The van der Waals surface area contributed by atoms with Gasteiger partial charge in [-0.2, -0.15) is 0 Å². The zero-order chi connectivity index (χ0) is 41.1. The van der Waals surface area contributed by atoms with Crippen LogP contribution < -0.4 is 10.3 Å². The molecule has 3 heterocycles. The molecular formula is C53H64N4. The number of para-hydroxylation sites is 2. The number of fused-ring (bicyclic) bond motifs is 7. The van der Waals surface area contributed by atoms with Gasteiger partial charge in [-0.25, -0.2) is 0 Å². The minimum Gasteiger partial charge on any atom is -0.316 e. The van der Waals surface area contributed by atoms with Crippen molar-refractivity contribution in [2.75, 3.05) is 10.3 Å². The third kappa shape index (κ3) is 8.81. The highest BCUT2D eigenvalue weighted by molar-refractivity contribution is 6.12. The number of unbranched alkanes of at least 4 members (excludes halogenated alkanes) is 1. The van der Waals surface area contributed by atoms with Crippen molar-refractivity contribution < 1.29 is 0 Å². The molecule has 6 aromatic rings. The predicted octanol–water partition coefficient (Wildman–Crippen LogP) is 15.8. The van der Waals surface area contributed by atoms with Crippen molar-refractivity contribution in [1.82, 2.24) is 9.24 Å². The fourth-order valence-electron chi connectivity index (χ4n) is 7.36. The normalized spacial score (nSPS) is 14.0. The molecule has 1 aliphatic heterocycles. The van der Waals surface area contributed by atoms with E-state index in [0.717, 1.165) is 53.2 Å². The summed E-state index contributed by atoms with van der Waals surface area (Å²) in [6, 6.07) is 29.0. The van der Waals surface area contributed by atoms with Crippen molar-refractivity contribution in [3.05, 3.63) is 163 Å². The molecule has 0 fully saturated rings. The first-order chi connectivity index (χ1) is 27.8. The molecule has 4 nitrogen and oxygen atoms in total. The number of benzene rings is 4. The Hall–Kier alpha value is -5.74. The Morgan fingerprint density at radius 3 is 2.23 bits per heavy atom. The highest BCUT2D eigenvalue weighted by Gasteiger charge is 2.24. The summed E-state index contributed by atoms with van der Waals surface area (Å²) < 4.78 is 4.69. The fourth-order valence-corrected chi connectivity index (χ4v) is 7.36. The standard InChI is InChI=1S/C44H40N4.C5H12.2C2H6/c1-5-6-7-12-25-45-48-43-28-38-31(4)16-11-13-26-46(41(38)29-39(43)37-21-14-19-34(30(2)3)44(37)48)33-23-24-36-35-20-15-22-40(35)47(42(36)27-33)32-17-9-8-10-18-32;1-4-5(2)3;2*1-2/h5,8-21,23-30,45H,1,4,6-7,22H2,2-3H3;5H,4H2,1-3H3;2*1-2H3/b16-11-,25-12-,26-13-;;;. The van der Waals surface area contributed by atoms with Gasteiger partial charge in [0.1, 0.15) is 0 Å². The van der Waals surface area contributed by atoms with Crippen LogP contribution in [0, 0.1) is 5.92 Å². The molecule has 0 spiro atoms. The molecule has 4 aromatic carbocycles. The second-order valence-corrected chi connectivity index (χ2v) is 14.8. The van der Waals surface area contributed by atoms with E-state index in [1.165, 1.54) is 56.1 Å². The van der Waals surface area contributed by atoms with Crippen molar-refractivity contribution in [2.45, 2.75) is 93.9 Å². The van der Waals surface area contributed by atoms with Gasteiger partial charge >= 0.3 is 0 Å². The first-order valence-corrected chi connectivity index (χ1v) is 21.2. The van der Waals surface area contributed by atoms with Crippen LogP contribution in [-0.4, -0.2) is 9.24 Å². The smallest absolute Gasteiger partial charge is 0.0744 e. The number of aromatic nitrogens is 2. The van der Waals surface area contributed by atoms with Gasteiger partial charge in [0, 0.05) is 63.2 Å². The second kappa shape index (κ2) is 19.9. The lowest BCUT2D eigenvalue weighted by Gasteiger charge is -2.26. The van der Waals surface area contributed by atoms with E-state index >= 15 is 0 Å². The number of nitrogens with one attached hydrogen (secondary N) is 1. The van der Waals surface area contributed by atoms with E-state index in [4.69, 9.17) is 0 Å². The van der Waals surface area contributed by atoms with Crippen LogP contribution in [-0.2, 0) is 6.42 Å². The van der Waals surface area contributed by atoms with E-state index in [9.17, 15) is 0 Å². The van der Waals surface area contributed by atoms with Crippen molar-refractivity contribution in [3.8, 4) is 5.69 Å². The summed E-state index contributed by atoms with van der Waals surface area (Å²) in [5.74, 6) is 1.25. The monoisotopic (exact) mass is 757 g/mol. The zero-order valence-electron chi connectivity index (χ0n) is 35.9. The number of allylic oxidation sites excluding steroid dienone is 7. The maximum Gasteiger partial charge on any atom is 0.0744 e. The molecule has 0 saturated heterocycles. The molecule has 2 aromatic heterocycles. The summed E-state index contributed by atoms with van der Waals surface area (Å²) in [4.78, 5) is 2.32. The van der Waals surface area contributed by atoms with Crippen LogP contribution >= 0.6 is 0 Å². The zero-order valence-corrected chi connectivity index (χ0v) is 35.9. The Kier molecular flexibility index (Phi) is 14.8. The molecule has 1 N–H and O–H groups in total. The minimum absolute atomic E-state index is 0.366. The van der Waals surface area contributed by atoms with E-state index in [1.54, 1.807) is 0 Å². The van der Waals surface area contributed by atoms with Crippen LogP contribution in [0.25, 0.3) is 50.0 Å². The first kappa shape index (κ1) is 42.4. The lowest BCUT2D eigenvalue weighted by atomic mass is 9.97. The maximum absolute atomic E-state index is 4.54. The average Bonchev–Trinajstić information content (AvgIpc) is 3.92. The van der Waals surface area contributed by atoms with E-state index in [0.29, 0.717) is 5.92 Å². The molecule has 0 radical (unpaired) electrons. The molecule has 2 aliphatic rings. The lowest BCUT2D eigenvalue weighted by molar-refractivity contribution is 0.626. The quantitative estimate of drug-likeness (QED) is 0.117. The van der Waals surface area contributed by atoms with E-state index < -0.39 is 0 Å². The molecule has 4 heteroatoms. The Labute approximate surface area is 342 Å². The van der Waals surface area contributed by atoms with Gasteiger partial charge in [-0.3, -0.25) is 4.68 Å². The van der Waals surface area contributed by atoms with Crippen LogP contribution in [0.3, 0.4) is 0 Å². The first-order valence-electron chi connectivity index (χ1n) is 21.2. The van der Waals surface area contributed by atoms with Gasteiger partial charge in [0.2, 0.25) is 0 Å². The fraction of sp³-hybridized carbons (Fsp3) is 0.283. The Morgan fingerprint density at radius 2 is 1.53 bits per heavy atom. The van der Waals surface area contributed by atoms with Crippen LogP contribution in [0.15, 0.2) is 141 Å². The van der Waals surface area contributed by atoms with Gasteiger partial charge in [-0.05, 0) is 78.3 Å². The van der Waals surface area contributed by atoms with Crippen molar-refractivity contribution >= 4 is 55.7 Å². The molecule has 0 bridgehead atoms. The summed E-state index contributed by atoms with van der Waals surface area (Å²) in [5, 5.41) is 3.71. The van der Waals surface area contributed by atoms with Crippen LogP contribution in [0.1, 0.15) is 110 Å². The lowest BCUT2D eigenvalue weighted by Crippen LogP contribution is -2.12. The summed E-state index contributed by atoms with van der Waals surface area (Å²) in [7, 11) is 0. The number of rotatable bonds is 9. The molecule has 0 unspecified atom stereocenters. The topological polar surface area (TPSA) is 25.1 Å². The van der Waals surface area contributed by atoms with Gasteiger partial charge < -0.3 is 14.9 Å². The largest absolute Gasteiger partial charge is 0.316 e. The summed E-state index contributed by atoms with van der Waals surface area (Å²) in [6.45, 7) is 27.6. The van der Waals surface area contributed by atoms with E-state index in [2.05, 4.69) is 195 Å². The Bertz CT molecular complexity index is 2420. The summed E-state index contributed by atoms with van der Waals surface area (Å²) in [6.07, 6.45) is 23.3. The van der Waals surface area contributed by atoms with Crippen LogP contribution in [0.5, 0.6) is 0 Å². The number of nitrogens with zero attached hydrogens (tertiary/aromatic N) is 3. The highest BCUT2D eigenvalue weighted by atomic mass is 15.4. The number of hydrogen-bond donors (Lipinski definition) is 1. The molecular weight excluding hydrogens is 693 g/mol. The second-order valence-electron chi connectivity index (χ2n) is 14.8. The number of anilines is 2. The average molecular weight is 757 g/mol. The van der Waals surface area contributed by atoms with Crippen LogP contribution in [0.2, 0.25) is 0 Å². The molecule has 0 amide bonds. The van der Waals surface area contributed by atoms with Gasteiger partial charge in [-0.15, -0.1) is 6.58 Å². The van der Waals surface area contributed by atoms with Gasteiger partial charge in [-0.1, -0.05) is 154 Å². The van der Waals surface area contributed by atoms with Gasteiger partial charge in [0.15, 0.2) is 0 Å². The Balaban J connectivity index is 0.000000633. The number of hydrogen-bond acceptors (Lipinski definition) is 2. The SMILES string of the molecule is C=CCC/C=C\Nn1c2cc3c(cc2c2cccc(C(C)C)c21)N(c1ccc2c4c(n(-c5ccccc5)c2c1)CC=C4)/C=C\C=C/C3=C.CC.CC.CCC(C)C. The van der Waals surface area contributed by atoms with Gasteiger partial charge in [0.05, 0.1) is 22.2 Å².